The Bertz CT molecular complexity index is 988. The van der Waals surface area contributed by atoms with E-state index in [4.69, 9.17) is 0 Å². The molecule has 1 aliphatic carbocycles. The number of fused-ring (bicyclic) bond motifs is 1. The summed E-state index contributed by atoms with van der Waals surface area (Å²) in [6, 6.07) is 15.2. The van der Waals surface area contributed by atoms with Crippen molar-refractivity contribution in [3.05, 3.63) is 54.1 Å². The Morgan fingerprint density at radius 2 is 1.93 bits per heavy atom. The monoisotopic (exact) mass is 430 g/mol. The Labute approximate surface area is 176 Å². The molecule has 1 atom stereocenters. The van der Waals surface area contributed by atoms with Gasteiger partial charge in [-0.2, -0.15) is 0 Å². The summed E-state index contributed by atoms with van der Waals surface area (Å²) in [5.41, 5.74) is 1.93. The highest BCUT2D eigenvalue weighted by Gasteiger charge is 2.37. The number of benzene rings is 2. The van der Waals surface area contributed by atoms with Crippen LogP contribution in [0, 0.1) is 5.92 Å². The Morgan fingerprint density at radius 3 is 2.66 bits per heavy atom. The lowest BCUT2D eigenvalue weighted by Crippen LogP contribution is -2.39. The maximum absolute atomic E-state index is 12.8. The lowest BCUT2D eigenvalue weighted by molar-refractivity contribution is -0.119. The van der Waals surface area contributed by atoms with Crippen LogP contribution in [-0.4, -0.2) is 32.7 Å². The molecular formula is C22H26N2O3S2. The predicted octanol–water partition coefficient (Wildman–Crippen LogP) is 3.83. The number of thioether (sulfide) groups is 1. The van der Waals surface area contributed by atoms with Crippen LogP contribution in [0.15, 0.2) is 58.3 Å². The molecule has 1 fully saturated rings. The van der Waals surface area contributed by atoms with Gasteiger partial charge in [-0.15, -0.1) is 11.8 Å². The second kappa shape index (κ2) is 8.50. The number of nitrogens with one attached hydrogen (secondary N) is 1. The van der Waals surface area contributed by atoms with Crippen LogP contribution in [0.1, 0.15) is 31.7 Å². The van der Waals surface area contributed by atoms with E-state index in [1.807, 2.05) is 36.4 Å². The molecule has 0 spiro atoms. The van der Waals surface area contributed by atoms with Crippen LogP contribution in [0.2, 0.25) is 0 Å². The summed E-state index contributed by atoms with van der Waals surface area (Å²) in [5, 5.41) is 0.295. The van der Waals surface area contributed by atoms with E-state index >= 15 is 0 Å². The summed E-state index contributed by atoms with van der Waals surface area (Å²) in [7, 11) is -3.61. The van der Waals surface area contributed by atoms with Crippen LogP contribution < -0.4 is 9.62 Å². The number of hydrogen-bond donors (Lipinski definition) is 1. The van der Waals surface area contributed by atoms with Gasteiger partial charge in [0.25, 0.3) is 0 Å². The van der Waals surface area contributed by atoms with Gasteiger partial charge in [0.1, 0.15) is 0 Å². The van der Waals surface area contributed by atoms with Crippen LogP contribution in [0.25, 0.3) is 0 Å². The van der Waals surface area contributed by atoms with E-state index in [0.29, 0.717) is 18.3 Å². The second-order valence-corrected chi connectivity index (χ2v) is 11.0. The molecule has 2 aromatic rings. The highest BCUT2D eigenvalue weighted by Crippen LogP contribution is 2.42. The van der Waals surface area contributed by atoms with Crippen molar-refractivity contribution in [1.29, 1.82) is 0 Å². The normalized spacial score (nSPS) is 19.1. The van der Waals surface area contributed by atoms with Crippen LogP contribution in [-0.2, 0) is 21.2 Å². The molecule has 29 heavy (non-hydrogen) atoms. The van der Waals surface area contributed by atoms with E-state index in [1.54, 1.807) is 28.8 Å². The number of anilines is 1. The van der Waals surface area contributed by atoms with Gasteiger partial charge in [-0.1, -0.05) is 37.3 Å². The lowest BCUT2D eigenvalue weighted by Gasteiger charge is -2.33. The first-order valence-corrected chi connectivity index (χ1v) is 12.5. The van der Waals surface area contributed by atoms with Gasteiger partial charge in [0.2, 0.25) is 15.9 Å². The molecule has 1 heterocycles. The third-order valence-corrected chi connectivity index (χ3v) is 7.88. The van der Waals surface area contributed by atoms with Gasteiger partial charge in [0.15, 0.2) is 0 Å². The first-order valence-electron chi connectivity index (χ1n) is 10.1. The first kappa shape index (κ1) is 20.4. The molecule has 0 unspecified atom stereocenters. The molecule has 4 rings (SSSR count). The summed E-state index contributed by atoms with van der Waals surface area (Å²) in [6.07, 6.45) is 3.43. The topological polar surface area (TPSA) is 66.5 Å². The van der Waals surface area contributed by atoms with Crippen molar-refractivity contribution >= 4 is 33.4 Å². The molecule has 154 valence electrons. The summed E-state index contributed by atoms with van der Waals surface area (Å²) < 4.78 is 28.3. The molecule has 7 heteroatoms. The molecule has 1 aliphatic heterocycles. The van der Waals surface area contributed by atoms with Crippen LogP contribution in [0.5, 0.6) is 0 Å². The minimum atomic E-state index is -3.61. The minimum Gasteiger partial charge on any atom is -0.310 e. The van der Waals surface area contributed by atoms with E-state index in [9.17, 15) is 13.2 Å². The smallest absolute Gasteiger partial charge is 0.240 e. The van der Waals surface area contributed by atoms with E-state index in [2.05, 4.69) is 11.6 Å². The van der Waals surface area contributed by atoms with Crippen molar-refractivity contribution in [3.8, 4) is 0 Å². The zero-order chi connectivity index (χ0) is 20.4. The fourth-order valence-corrected chi connectivity index (χ4v) is 5.76. The average Bonchev–Trinajstić information content (AvgIpc) is 3.56. The van der Waals surface area contributed by atoms with Gasteiger partial charge in [0, 0.05) is 29.2 Å². The zero-order valence-corrected chi connectivity index (χ0v) is 18.1. The number of amides is 1. The Kier molecular flexibility index (Phi) is 5.99. The highest BCUT2D eigenvalue weighted by atomic mass is 32.2. The van der Waals surface area contributed by atoms with Gasteiger partial charge < -0.3 is 4.90 Å². The van der Waals surface area contributed by atoms with Gasteiger partial charge in [0.05, 0.1) is 10.6 Å². The van der Waals surface area contributed by atoms with Crippen LogP contribution in [0.3, 0.4) is 0 Å². The molecular weight excluding hydrogens is 404 g/mol. The Hall–Kier alpha value is -1.83. The minimum absolute atomic E-state index is 0.106. The average molecular weight is 431 g/mol. The molecule has 1 saturated carbocycles. The second-order valence-electron chi connectivity index (χ2n) is 7.77. The van der Waals surface area contributed by atoms with E-state index in [0.717, 1.165) is 36.3 Å². The SMILES string of the molecule is C[C@H]1CN(C(=O)C2CC2)c2cc(S(=O)(=O)NCCCc3ccccc3)ccc2S1. The Morgan fingerprint density at radius 1 is 1.17 bits per heavy atom. The molecule has 2 aromatic carbocycles. The molecule has 0 bridgehead atoms. The fraction of sp³-hybridized carbons (Fsp3) is 0.409. The maximum Gasteiger partial charge on any atom is 0.240 e. The largest absolute Gasteiger partial charge is 0.310 e. The molecule has 0 saturated heterocycles. The van der Waals surface area contributed by atoms with Crippen molar-refractivity contribution in [2.24, 2.45) is 5.92 Å². The number of carbonyl (C=O) groups excluding carboxylic acids is 1. The van der Waals surface area contributed by atoms with Crippen molar-refractivity contribution in [3.63, 3.8) is 0 Å². The van der Waals surface area contributed by atoms with E-state index < -0.39 is 10.0 Å². The van der Waals surface area contributed by atoms with Crippen molar-refractivity contribution < 1.29 is 13.2 Å². The molecule has 1 amide bonds. The number of carbonyl (C=O) groups is 1. The number of nitrogens with zero attached hydrogens (tertiary/aromatic N) is 1. The number of hydrogen-bond acceptors (Lipinski definition) is 4. The predicted molar refractivity (Wildman–Crippen MR) is 117 cm³/mol. The number of sulfonamides is 1. The van der Waals surface area contributed by atoms with E-state index in [1.165, 1.54) is 5.56 Å². The van der Waals surface area contributed by atoms with Crippen molar-refractivity contribution in [1.82, 2.24) is 4.72 Å². The summed E-state index contributed by atoms with van der Waals surface area (Å²) in [5.74, 6) is 0.235. The lowest BCUT2D eigenvalue weighted by atomic mass is 10.1. The highest BCUT2D eigenvalue weighted by molar-refractivity contribution is 8.00. The standard InChI is InChI=1S/C22H26N2O3S2/c1-16-15-24(22(25)18-9-10-18)20-14-19(11-12-21(20)28-16)29(26,27)23-13-5-8-17-6-3-2-4-7-17/h2-4,6-7,11-12,14,16,18,23H,5,8-10,13,15H2,1H3/t16-/m0/s1. The first-order chi connectivity index (χ1) is 13.9. The van der Waals surface area contributed by atoms with Gasteiger partial charge in [-0.05, 0) is 49.4 Å². The molecule has 5 nitrogen and oxygen atoms in total. The van der Waals surface area contributed by atoms with Crippen LogP contribution >= 0.6 is 11.8 Å². The van der Waals surface area contributed by atoms with Crippen LogP contribution in [0.4, 0.5) is 5.69 Å². The van der Waals surface area contributed by atoms with Crippen molar-refractivity contribution in [2.45, 2.75) is 47.6 Å². The molecule has 0 aromatic heterocycles. The zero-order valence-electron chi connectivity index (χ0n) is 16.5. The van der Waals surface area contributed by atoms with Gasteiger partial charge >= 0.3 is 0 Å². The fourth-order valence-electron chi connectivity index (χ4n) is 3.57. The quantitative estimate of drug-likeness (QED) is 0.678. The third kappa shape index (κ3) is 4.85. The van der Waals surface area contributed by atoms with Crippen molar-refractivity contribution in [2.75, 3.05) is 18.0 Å². The van der Waals surface area contributed by atoms with Gasteiger partial charge in [-0.3, -0.25) is 4.79 Å². The number of rotatable bonds is 7. The Balaban J connectivity index is 1.46. The molecule has 2 aliphatic rings. The van der Waals surface area contributed by atoms with E-state index in [-0.39, 0.29) is 16.7 Å². The number of aryl methyl sites for hydroxylation is 1. The third-order valence-electron chi connectivity index (χ3n) is 5.27. The summed E-state index contributed by atoms with van der Waals surface area (Å²) >= 11 is 1.69. The van der Waals surface area contributed by atoms with Gasteiger partial charge in [-0.25, -0.2) is 13.1 Å². The molecule has 0 radical (unpaired) electrons. The maximum atomic E-state index is 12.8. The summed E-state index contributed by atoms with van der Waals surface area (Å²) in [6.45, 7) is 3.10. The summed E-state index contributed by atoms with van der Waals surface area (Å²) in [4.78, 5) is 15.7. The molecule has 1 N–H and O–H groups in total.